The first-order valence-corrected chi connectivity index (χ1v) is 11.0. The molecule has 1 aliphatic heterocycles. The van der Waals surface area contributed by atoms with Crippen LogP contribution in [-0.4, -0.2) is 34.8 Å². The van der Waals surface area contributed by atoms with Gasteiger partial charge in [0, 0.05) is 23.7 Å². The molecule has 0 saturated heterocycles. The highest BCUT2D eigenvalue weighted by molar-refractivity contribution is 7.98. The summed E-state index contributed by atoms with van der Waals surface area (Å²) in [5, 5.41) is 4.06. The van der Waals surface area contributed by atoms with Crippen LogP contribution in [0.15, 0.2) is 53.8 Å². The topological polar surface area (TPSA) is 64.1 Å². The molecule has 0 spiro atoms. The number of amides is 1. The van der Waals surface area contributed by atoms with Gasteiger partial charge in [0.1, 0.15) is 17.7 Å². The highest BCUT2D eigenvalue weighted by atomic mass is 35.5. The van der Waals surface area contributed by atoms with Gasteiger partial charge in [0.15, 0.2) is 5.16 Å². The lowest BCUT2D eigenvalue weighted by atomic mass is 10.0. The summed E-state index contributed by atoms with van der Waals surface area (Å²) in [6.45, 7) is 0.346. The Morgan fingerprint density at radius 1 is 1.33 bits per heavy atom. The molecule has 1 aliphatic rings. The van der Waals surface area contributed by atoms with E-state index in [1.165, 1.54) is 23.9 Å². The molecule has 1 aromatic heterocycles. The smallest absolute Gasteiger partial charge is 0.224 e. The van der Waals surface area contributed by atoms with Gasteiger partial charge in [0.25, 0.3) is 0 Å². The van der Waals surface area contributed by atoms with E-state index in [4.69, 9.17) is 16.3 Å². The van der Waals surface area contributed by atoms with Crippen LogP contribution in [0, 0.1) is 5.82 Å². The van der Waals surface area contributed by atoms with Gasteiger partial charge in [-0.3, -0.25) is 4.79 Å². The number of aromatic nitrogens is 2. The number of halogens is 2. The second-order valence-corrected chi connectivity index (χ2v) is 8.11. The second-order valence-electron chi connectivity index (χ2n) is 6.93. The molecule has 1 N–H and O–H groups in total. The lowest BCUT2D eigenvalue weighted by Crippen LogP contribution is -2.35. The summed E-state index contributed by atoms with van der Waals surface area (Å²) in [6, 6.07) is 11.7. The van der Waals surface area contributed by atoms with Crippen molar-refractivity contribution in [1.29, 1.82) is 0 Å². The van der Waals surface area contributed by atoms with Crippen LogP contribution < -0.4 is 10.1 Å². The molecular weight excluding hydrogens is 425 g/mol. The summed E-state index contributed by atoms with van der Waals surface area (Å²) in [4.78, 5) is 20.9. The number of thioether (sulfide) groups is 1. The van der Waals surface area contributed by atoms with Crippen molar-refractivity contribution < 1.29 is 13.9 Å². The third-order valence-electron chi connectivity index (χ3n) is 4.75. The number of rotatable bonds is 6. The summed E-state index contributed by atoms with van der Waals surface area (Å²) in [6.07, 6.45) is 4.19. The summed E-state index contributed by atoms with van der Waals surface area (Å²) >= 11 is 7.93. The van der Waals surface area contributed by atoms with Crippen LogP contribution in [0.5, 0.6) is 5.75 Å². The van der Waals surface area contributed by atoms with Crippen molar-refractivity contribution in [1.82, 2.24) is 15.3 Å². The van der Waals surface area contributed by atoms with Gasteiger partial charge in [-0.25, -0.2) is 14.4 Å². The fourth-order valence-electron chi connectivity index (χ4n) is 3.37. The maximum atomic E-state index is 13.3. The lowest BCUT2D eigenvalue weighted by Gasteiger charge is -2.12. The van der Waals surface area contributed by atoms with E-state index in [0.29, 0.717) is 34.5 Å². The molecule has 154 valence electrons. The first kappa shape index (κ1) is 20.6. The number of carbonyl (C=O) groups excluding carboxylic acids is 1. The number of carbonyl (C=O) groups is 1. The molecule has 2 heterocycles. The number of nitrogens with zero attached hydrogens (tertiary/aromatic N) is 2. The monoisotopic (exact) mass is 443 g/mol. The lowest BCUT2D eigenvalue weighted by molar-refractivity contribution is -0.120. The Hall–Kier alpha value is -2.64. The maximum Gasteiger partial charge on any atom is 0.224 e. The average Bonchev–Trinajstić information content (AvgIpc) is 3.16. The number of ether oxygens (including phenoxy) is 1. The van der Waals surface area contributed by atoms with Crippen molar-refractivity contribution in [2.75, 3.05) is 12.8 Å². The number of benzene rings is 2. The first-order chi connectivity index (χ1) is 14.5. The van der Waals surface area contributed by atoms with Gasteiger partial charge >= 0.3 is 0 Å². The normalized spacial score (nSPS) is 14.8. The molecule has 5 nitrogen and oxygen atoms in total. The van der Waals surface area contributed by atoms with Crippen molar-refractivity contribution >= 4 is 29.3 Å². The van der Waals surface area contributed by atoms with Gasteiger partial charge in [-0.2, -0.15) is 0 Å². The zero-order chi connectivity index (χ0) is 21.1. The number of hydrogen-bond donors (Lipinski definition) is 1. The highest BCUT2D eigenvalue weighted by Gasteiger charge is 2.26. The van der Waals surface area contributed by atoms with Gasteiger partial charge in [0.2, 0.25) is 5.91 Å². The van der Waals surface area contributed by atoms with Crippen molar-refractivity contribution in [3.63, 3.8) is 0 Å². The number of hydrogen-bond acceptors (Lipinski definition) is 5. The van der Waals surface area contributed by atoms with E-state index in [1.807, 2.05) is 24.5 Å². The minimum Gasteiger partial charge on any atom is -0.486 e. The Kier molecular flexibility index (Phi) is 6.20. The standard InChI is InChI=1S/C22H19ClFN3O2S/c1-30-22-25-6-5-19(27-22)14-9-15-10-17(29-21(15)18(23)11-14)12-26-20(28)8-13-3-2-4-16(24)7-13/h2-7,9,11,17H,8,10,12H2,1H3,(H,26,28)/t17-/m1/s1. The Balaban J connectivity index is 1.40. The van der Waals surface area contributed by atoms with E-state index in [9.17, 15) is 9.18 Å². The van der Waals surface area contributed by atoms with Gasteiger partial charge in [-0.05, 0) is 42.2 Å². The Morgan fingerprint density at radius 3 is 3.00 bits per heavy atom. The molecule has 30 heavy (non-hydrogen) atoms. The summed E-state index contributed by atoms with van der Waals surface area (Å²) in [7, 11) is 0. The van der Waals surface area contributed by atoms with Crippen LogP contribution in [-0.2, 0) is 17.6 Å². The van der Waals surface area contributed by atoms with Crippen LogP contribution in [0.3, 0.4) is 0 Å². The molecule has 0 unspecified atom stereocenters. The molecule has 0 bridgehead atoms. The Labute approximate surface area is 183 Å². The zero-order valence-corrected chi connectivity index (χ0v) is 17.8. The third-order valence-corrected chi connectivity index (χ3v) is 5.59. The van der Waals surface area contributed by atoms with E-state index in [-0.39, 0.29) is 24.2 Å². The molecule has 0 aliphatic carbocycles. The summed E-state index contributed by atoms with van der Waals surface area (Å²) in [5.41, 5.74) is 3.30. The van der Waals surface area contributed by atoms with Crippen LogP contribution in [0.25, 0.3) is 11.3 Å². The fourth-order valence-corrected chi connectivity index (χ4v) is 4.01. The Morgan fingerprint density at radius 2 is 2.20 bits per heavy atom. The second kappa shape index (κ2) is 9.02. The number of fused-ring (bicyclic) bond motifs is 1. The summed E-state index contributed by atoms with van der Waals surface area (Å²) in [5.74, 6) is 0.107. The van der Waals surface area contributed by atoms with Gasteiger partial charge < -0.3 is 10.1 Å². The first-order valence-electron chi connectivity index (χ1n) is 9.39. The average molecular weight is 444 g/mol. The largest absolute Gasteiger partial charge is 0.486 e. The van der Waals surface area contributed by atoms with E-state index in [0.717, 1.165) is 16.8 Å². The zero-order valence-electron chi connectivity index (χ0n) is 16.2. The quantitative estimate of drug-likeness (QED) is 0.454. The SMILES string of the molecule is CSc1nccc(-c2cc(Cl)c3c(c2)C[C@H](CNC(=O)Cc2cccc(F)c2)O3)n1. The minimum atomic E-state index is -0.353. The van der Waals surface area contributed by atoms with Crippen LogP contribution >= 0.6 is 23.4 Å². The van der Waals surface area contributed by atoms with Gasteiger partial charge in [0.05, 0.1) is 23.7 Å². The predicted molar refractivity (Wildman–Crippen MR) is 115 cm³/mol. The predicted octanol–water partition coefficient (Wildman–Crippen LogP) is 4.32. The number of nitrogens with one attached hydrogen (secondary N) is 1. The third kappa shape index (κ3) is 4.74. The highest BCUT2D eigenvalue weighted by Crippen LogP contribution is 2.39. The van der Waals surface area contributed by atoms with Gasteiger partial charge in [-0.1, -0.05) is 35.5 Å². The minimum absolute atomic E-state index is 0.119. The van der Waals surface area contributed by atoms with E-state index in [2.05, 4.69) is 15.3 Å². The molecule has 0 fully saturated rings. The van der Waals surface area contributed by atoms with E-state index >= 15 is 0 Å². The molecule has 0 saturated carbocycles. The molecule has 2 aromatic carbocycles. The van der Waals surface area contributed by atoms with Gasteiger partial charge in [-0.15, -0.1) is 0 Å². The Bertz CT molecular complexity index is 1100. The maximum absolute atomic E-state index is 13.3. The fraction of sp³-hybridized carbons (Fsp3) is 0.227. The van der Waals surface area contributed by atoms with Crippen molar-refractivity contribution in [3.05, 3.63) is 70.6 Å². The molecule has 8 heteroatoms. The summed E-state index contributed by atoms with van der Waals surface area (Å²) < 4.78 is 19.2. The van der Waals surface area contributed by atoms with Crippen LogP contribution in [0.4, 0.5) is 4.39 Å². The van der Waals surface area contributed by atoms with E-state index in [1.54, 1.807) is 18.3 Å². The molecule has 0 radical (unpaired) electrons. The molecular formula is C22H19ClFN3O2S. The molecule has 3 aromatic rings. The molecule has 1 amide bonds. The van der Waals surface area contributed by atoms with Crippen molar-refractivity contribution in [2.45, 2.75) is 24.1 Å². The molecule has 4 rings (SSSR count). The van der Waals surface area contributed by atoms with E-state index < -0.39 is 0 Å². The van der Waals surface area contributed by atoms with Crippen molar-refractivity contribution in [2.24, 2.45) is 0 Å². The molecule has 1 atom stereocenters. The van der Waals surface area contributed by atoms with Crippen LogP contribution in [0.1, 0.15) is 11.1 Å². The van der Waals surface area contributed by atoms with Crippen molar-refractivity contribution in [3.8, 4) is 17.0 Å². The van der Waals surface area contributed by atoms with Crippen LogP contribution in [0.2, 0.25) is 5.02 Å².